The van der Waals surface area contributed by atoms with E-state index in [1.54, 1.807) is 5.57 Å². The second kappa shape index (κ2) is 11.6. The van der Waals surface area contributed by atoms with Gasteiger partial charge in [0.1, 0.15) is 0 Å². The fraction of sp³-hybridized carbons (Fsp3) is 0.143. The first kappa shape index (κ1) is 32.8. The van der Waals surface area contributed by atoms with Crippen LogP contribution in [0.2, 0.25) is 0 Å². The van der Waals surface area contributed by atoms with Gasteiger partial charge in [-0.1, -0.05) is 161 Å². The average Bonchev–Trinajstić information content (AvgIpc) is 3.58. The van der Waals surface area contributed by atoms with Crippen molar-refractivity contribution in [1.29, 1.82) is 0 Å². The molecule has 8 aromatic carbocycles. The van der Waals surface area contributed by atoms with Crippen LogP contribution < -0.4 is 10.6 Å². The molecule has 2 aliphatic heterocycles. The maximum Gasteiger partial charge on any atom is 0.0582 e. The lowest BCUT2D eigenvalue weighted by atomic mass is 9.66. The molecule has 1 heteroatoms. The maximum absolute atomic E-state index is 2.70. The third-order valence-corrected chi connectivity index (χ3v) is 13.9. The largest absolute Gasteiger partial charge is 0.308 e. The van der Waals surface area contributed by atoms with Crippen molar-refractivity contribution in [2.75, 3.05) is 0 Å². The lowest BCUT2D eigenvalue weighted by Crippen LogP contribution is -2.46. The predicted octanol–water partition coefficient (Wildman–Crippen LogP) is 13.0. The van der Waals surface area contributed by atoms with E-state index in [1.807, 2.05) is 0 Å². The molecule has 0 saturated heterocycles. The summed E-state index contributed by atoms with van der Waals surface area (Å²) in [4.78, 5) is 0. The van der Waals surface area contributed by atoms with Crippen LogP contribution >= 0.6 is 0 Å². The number of hydrogen-bond acceptors (Lipinski definition) is 0. The molecule has 0 saturated carbocycles. The lowest BCUT2D eigenvalue weighted by molar-refractivity contribution is 0.587. The summed E-state index contributed by atoms with van der Waals surface area (Å²) in [5.74, 6) is 0.205. The highest BCUT2D eigenvalue weighted by Crippen LogP contribution is 2.53. The third-order valence-electron chi connectivity index (χ3n) is 13.9. The van der Waals surface area contributed by atoms with Crippen LogP contribution in [0, 0.1) is 0 Å². The van der Waals surface area contributed by atoms with Crippen molar-refractivity contribution < 1.29 is 0 Å². The number of aromatic nitrogens is 1. The Bertz CT molecular complexity index is 3300. The van der Waals surface area contributed by atoms with Gasteiger partial charge in [0.25, 0.3) is 0 Å². The predicted molar refractivity (Wildman–Crippen MR) is 241 cm³/mol. The molecule has 0 spiro atoms. The van der Waals surface area contributed by atoms with Gasteiger partial charge in [0.05, 0.1) is 16.6 Å². The molecule has 57 heavy (non-hydrogen) atoms. The molecule has 9 aromatic rings. The van der Waals surface area contributed by atoms with E-state index in [-0.39, 0.29) is 16.7 Å². The lowest BCUT2D eigenvalue weighted by Gasteiger charge is -2.43. The Morgan fingerprint density at radius 1 is 0.474 bits per heavy atom. The summed E-state index contributed by atoms with van der Waals surface area (Å²) in [6, 6.07) is 61.6. The number of rotatable bonds is 4. The van der Waals surface area contributed by atoms with Crippen LogP contribution in [0.1, 0.15) is 62.3 Å². The van der Waals surface area contributed by atoms with E-state index in [9.17, 15) is 0 Å². The number of benzene rings is 8. The summed E-state index contributed by atoms with van der Waals surface area (Å²) in [5.41, 5.74) is 17.3. The van der Waals surface area contributed by atoms with Crippen LogP contribution in [-0.4, -0.2) is 4.57 Å². The standard InChI is InChI=1S/C56H43N/c1-55(2)48-24-15-25-49-54(48)57-52-46(30-40(32-50(52)55)44-28-38-22-13-11-20-36(38)26-42(44)34-16-7-5-8-17-34)47-31-41(33-51(53(47)57)56(49,3)4)45-29-39-23-14-12-21-37(39)27-43(45)35-18-9-6-10-19-35/h5-32,41H,33H2,1-4H3. The van der Waals surface area contributed by atoms with Gasteiger partial charge in [-0.3, -0.25) is 0 Å². The van der Waals surface area contributed by atoms with Gasteiger partial charge in [-0.15, -0.1) is 0 Å². The highest BCUT2D eigenvalue weighted by Gasteiger charge is 2.44. The van der Waals surface area contributed by atoms with E-state index < -0.39 is 0 Å². The Labute approximate surface area is 333 Å². The van der Waals surface area contributed by atoms with Crippen molar-refractivity contribution in [1.82, 2.24) is 4.57 Å². The summed E-state index contributed by atoms with van der Waals surface area (Å²) in [5, 5.41) is 9.28. The zero-order valence-electron chi connectivity index (χ0n) is 32.9. The minimum Gasteiger partial charge on any atom is -0.308 e. The summed E-state index contributed by atoms with van der Waals surface area (Å²) in [6.45, 7) is 9.88. The molecule has 0 N–H and O–H groups in total. The van der Waals surface area contributed by atoms with Crippen LogP contribution in [0.15, 0.2) is 164 Å². The van der Waals surface area contributed by atoms with E-state index in [1.165, 1.54) is 104 Å². The molecule has 272 valence electrons. The molecule has 0 bridgehead atoms. The second-order valence-electron chi connectivity index (χ2n) is 17.7. The van der Waals surface area contributed by atoms with Gasteiger partial charge < -0.3 is 4.57 Å². The normalized spacial score (nSPS) is 16.9. The van der Waals surface area contributed by atoms with E-state index in [4.69, 9.17) is 0 Å². The van der Waals surface area contributed by atoms with Crippen LogP contribution in [0.5, 0.6) is 0 Å². The SMILES string of the molecule is CC1(C)C2=c3c(c4cc(-c5cc6ccccc6cc5-c5ccccc5)cc5c4n3-c3c1cccc3C5(C)C)=CC(c1cc3ccccc3cc1-c1ccccc1)C2. The molecule has 12 rings (SSSR count). The molecular formula is C56H43N. The van der Waals surface area contributed by atoms with Crippen molar-refractivity contribution >= 4 is 44.1 Å². The summed E-state index contributed by atoms with van der Waals surface area (Å²) >= 11 is 0. The molecule has 3 aliphatic rings. The first-order valence-corrected chi connectivity index (χ1v) is 20.5. The number of para-hydroxylation sites is 1. The van der Waals surface area contributed by atoms with Crippen LogP contribution in [0.4, 0.5) is 0 Å². The minimum atomic E-state index is -0.202. The van der Waals surface area contributed by atoms with Crippen LogP contribution in [0.25, 0.3) is 83.2 Å². The Kier molecular flexibility index (Phi) is 6.64. The summed E-state index contributed by atoms with van der Waals surface area (Å²) < 4.78 is 2.70. The zero-order chi connectivity index (χ0) is 38.2. The third kappa shape index (κ3) is 4.52. The minimum absolute atomic E-state index is 0.143. The van der Waals surface area contributed by atoms with E-state index >= 15 is 0 Å². The Balaban J connectivity index is 1.22. The molecule has 0 fully saturated rings. The van der Waals surface area contributed by atoms with Crippen molar-refractivity contribution in [3.05, 3.63) is 197 Å². The Morgan fingerprint density at radius 2 is 1.00 bits per heavy atom. The quantitative estimate of drug-likeness (QED) is 0.170. The highest BCUT2D eigenvalue weighted by molar-refractivity contribution is 6.02. The molecule has 1 aliphatic carbocycles. The van der Waals surface area contributed by atoms with E-state index in [2.05, 4.69) is 202 Å². The smallest absolute Gasteiger partial charge is 0.0582 e. The van der Waals surface area contributed by atoms with Crippen molar-refractivity contribution in [3.8, 4) is 39.1 Å². The fourth-order valence-electron chi connectivity index (χ4n) is 11.0. The van der Waals surface area contributed by atoms with Gasteiger partial charge >= 0.3 is 0 Å². The summed E-state index contributed by atoms with van der Waals surface area (Å²) in [7, 11) is 0. The second-order valence-corrected chi connectivity index (χ2v) is 17.7. The molecule has 1 unspecified atom stereocenters. The molecule has 1 nitrogen and oxygen atoms in total. The van der Waals surface area contributed by atoms with Gasteiger partial charge in [0.2, 0.25) is 0 Å². The van der Waals surface area contributed by atoms with Crippen molar-refractivity contribution in [2.45, 2.75) is 50.9 Å². The molecule has 1 aromatic heterocycles. The number of nitrogens with zero attached hydrogens (tertiary/aromatic N) is 1. The Morgan fingerprint density at radius 3 is 1.63 bits per heavy atom. The first-order valence-electron chi connectivity index (χ1n) is 20.5. The van der Waals surface area contributed by atoms with Crippen LogP contribution in [0.3, 0.4) is 0 Å². The monoisotopic (exact) mass is 729 g/mol. The van der Waals surface area contributed by atoms with Gasteiger partial charge in [-0.2, -0.15) is 0 Å². The molecule has 0 amide bonds. The topological polar surface area (TPSA) is 4.93 Å². The van der Waals surface area contributed by atoms with Gasteiger partial charge in [0, 0.05) is 27.4 Å². The molecule has 0 radical (unpaired) electrons. The zero-order valence-corrected chi connectivity index (χ0v) is 32.9. The van der Waals surface area contributed by atoms with E-state index in [0.717, 1.165) is 6.42 Å². The number of fused-ring (bicyclic) bond motifs is 3. The maximum atomic E-state index is 2.70. The fourth-order valence-corrected chi connectivity index (χ4v) is 11.0. The van der Waals surface area contributed by atoms with Crippen LogP contribution in [-0.2, 0) is 10.8 Å². The molecular weight excluding hydrogens is 687 g/mol. The van der Waals surface area contributed by atoms with Gasteiger partial charge in [-0.05, 0) is 126 Å². The van der Waals surface area contributed by atoms with Crippen molar-refractivity contribution in [3.63, 3.8) is 0 Å². The first-order chi connectivity index (χ1) is 27.8. The molecule has 3 heterocycles. The van der Waals surface area contributed by atoms with Gasteiger partial charge in [0.15, 0.2) is 0 Å². The van der Waals surface area contributed by atoms with Gasteiger partial charge in [-0.25, -0.2) is 0 Å². The molecule has 1 atom stereocenters. The van der Waals surface area contributed by atoms with E-state index in [0.29, 0.717) is 0 Å². The average molecular weight is 730 g/mol. The number of hydrogen-bond donors (Lipinski definition) is 0. The summed E-state index contributed by atoms with van der Waals surface area (Å²) in [6.07, 6.45) is 3.63. The van der Waals surface area contributed by atoms with Crippen molar-refractivity contribution in [2.24, 2.45) is 0 Å². The Hall–Kier alpha value is -6.44. The highest BCUT2D eigenvalue weighted by atomic mass is 15.0.